The Kier molecular flexibility index (Phi) is 5.58. The Labute approximate surface area is 151 Å². The zero-order valence-electron chi connectivity index (χ0n) is 14.4. The average Bonchev–Trinajstić information content (AvgIpc) is 3.13. The second-order valence-electron chi connectivity index (χ2n) is 5.83. The van der Waals surface area contributed by atoms with Gasteiger partial charge in [-0.05, 0) is 30.2 Å². The smallest absolute Gasteiger partial charge is 0.408 e. The van der Waals surface area contributed by atoms with E-state index >= 15 is 0 Å². The van der Waals surface area contributed by atoms with Gasteiger partial charge < -0.3 is 24.8 Å². The van der Waals surface area contributed by atoms with Crippen LogP contribution in [0.2, 0.25) is 0 Å². The van der Waals surface area contributed by atoms with Crippen molar-refractivity contribution in [1.29, 1.82) is 0 Å². The molecule has 2 aromatic rings. The summed E-state index contributed by atoms with van der Waals surface area (Å²) in [7, 11) is 0. The Balaban J connectivity index is 1.42. The van der Waals surface area contributed by atoms with Gasteiger partial charge in [0.1, 0.15) is 12.6 Å². The van der Waals surface area contributed by atoms with E-state index in [-0.39, 0.29) is 19.3 Å². The molecule has 26 heavy (non-hydrogen) atoms. The first-order valence-electron chi connectivity index (χ1n) is 8.25. The molecule has 0 aromatic heterocycles. The van der Waals surface area contributed by atoms with Crippen LogP contribution in [0.1, 0.15) is 18.1 Å². The maximum absolute atomic E-state index is 12.1. The molecule has 7 heteroatoms. The van der Waals surface area contributed by atoms with E-state index in [2.05, 4.69) is 10.6 Å². The standard InChI is InChI=1S/C19H20N2O5/c1-13(21-19(23)24-11-14-5-3-2-4-6-14)18(22)20-10-15-7-8-16-17(9-15)26-12-25-16/h2-9,13H,10-12H2,1H3,(H,20,22)(H,21,23). The molecule has 0 spiro atoms. The number of hydrogen-bond acceptors (Lipinski definition) is 5. The van der Waals surface area contributed by atoms with Gasteiger partial charge in [0.25, 0.3) is 0 Å². The maximum atomic E-state index is 12.1. The van der Waals surface area contributed by atoms with Crippen LogP contribution in [0.4, 0.5) is 4.79 Å². The fourth-order valence-corrected chi connectivity index (χ4v) is 2.40. The number of carbonyl (C=O) groups is 2. The van der Waals surface area contributed by atoms with Crippen molar-refractivity contribution in [2.45, 2.75) is 26.1 Å². The highest BCUT2D eigenvalue weighted by atomic mass is 16.7. The number of alkyl carbamates (subject to hydrolysis) is 1. The summed E-state index contributed by atoms with van der Waals surface area (Å²) in [5.74, 6) is 1.04. The minimum atomic E-state index is -0.715. The zero-order valence-corrected chi connectivity index (χ0v) is 14.4. The number of carbonyl (C=O) groups excluding carboxylic acids is 2. The highest BCUT2D eigenvalue weighted by Crippen LogP contribution is 2.32. The third-order valence-electron chi connectivity index (χ3n) is 3.84. The largest absolute Gasteiger partial charge is 0.454 e. The van der Waals surface area contributed by atoms with Gasteiger partial charge in [0.05, 0.1) is 0 Å². The minimum Gasteiger partial charge on any atom is -0.454 e. The molecule has 3 rings (SSSR count). The van der Waals surface area contributed by atoms with Gasteiger partial charge in [-0.1, -0.05) is 36.4 Å². The van der Waals surface area contributed by atoms with E-state index in [1.54, 1.807) is 13.0 Å². The van der Waals surface area contributed by atoms with E-state index in [1.165, 1.54) is 0 Å². The molecule has 0 fully saturated rings. The zero-order chi connectivity index (χ0) is 18.4. The van der Waals surface area contributed by atoms with Gasteiger partial charge in [-0.3, -0.25) is 4.79 Å². The molecule has 0 radical (unpaired) electrons. The van der Waals surface area contributed by atoms with Crippen molar-refractivity contribution in [2.24, 2.45) is 0 Å². The summed E-state index contributed by atoms with van der Waals surface area (Å²) in [4.78, 5) is 23.9. The van der Waals surface area contributed by atoms with E-state index in [0.717, 1.165) is 11.1 Å². The lowest BCUT2D eigenvalue weighted by atomic mass is 10.2. The van der Waals surface area contributed by atoms with Gasteiger partial charge in [-0.15, -0.1) is 0 Å². The molecule has 1 aliphatic heterocycles. The quantitative estimate of drug-likeness (QED) is 0.830. The van der Waals surface area contributed by atoms with Crippen LogP contribution in [0.5, 0.6) is 11.5 Å². The normalized spacial score (nSPS) is 13.0. The molecule has 7 nitrogen and oxygen atoms in total. The number of fused-ring (bicyclic) bond motifs is 1. The van der Waals surface area contributed by atoms with Crippen LogP contribution >= 0.6 is 0 Å². The lowest BCUT2D eigenvalue weighted by Crippen LogP contribution is -2.44. The van der Waals surface area contributed by atoms with Gasteiger partial charge in [0.15, 0.2) is 11.5 Å². The second kappa shape index (κ2) is 8.24. The SMILES string of the molecule is CC(NC(=O)OCc1ccccc1)C(=O)NCc1ccc2c(c1)OCO2. The van der Waals surface area contributed by atoms with Crippen LogP contribution in [0, 0.1) is 0 Å². The van der Waals surface area contributed by atoms with Crippen molar-refractivity contribution in [3.05, 3.63) is 59.7 Å². The van der Waals surface area contributed by atoms with Crippen LogP contribution in [-0.4, -0.2) is 24.8 Å². The van der Waals surface area contributed by atoms with E-state index < -0.39 is 12.1 Å². The molecule has 2 amide bonds. The second-order valence-corrected chi connectivity index (χ2v) is 5.83. The highest BCUT2D eigenvalue weighted by molar-refractivity contribution is 5.85. The fourth-order valence-electron chi connectivity index (χ4n) is 2.40. The minimum absolute atomic E-state index is 0.151. The van der Waals surface area contributed by atoms with E-state index in [4.69, 9.17) is 14.2 Å². The number of rotatable bonds is 6. The summed E-state index contributed by atoms with van der Waals surface area (Å²) in [5, 5.41) is 5.27. The van der Waals surface area contributed by atoms with Gasteiger partial charge >= 0.3 is 6.09 Å². The maximum Gasteiger partial charge on any atom is 0.408 e. The molecule has 0 saturated heterocycles. The predicted octanol–water partition coefficient (Wildman–Crippen LogP) is 2.35. The third-order valence-corrected chi connectivity index (χ3v) is 3.84. The Morgan fingerprint density at radius 1 is 1.08 bits per heavy atom. The predicted molar refractivity (Wildman–Crippen MR) is 93.6 cm³/mol. The Morgan fingerprint density at radius 3 is 2.65 bits per heavy atom. The summed E-state index contributed by atoms with van der Waals surface area (Å²) in [6.45, 7) is 2.27. The number of hydrogen-bond donors (Lipinski definition) is 2. The molecule has 1 unspecified atom stereocenters. The van der Waals surface area contributed by atoms with Crippen molar-refractivity contribution in [3.63, 3.8) is 0 Å². The van der Waals surface area contributed by atoms with Crippen molar-refractivity contribution in [3.8, 4) is 11.5 Å². The molecular weight excluding hydrogens is 336 g/mol. The third kappa shape index (κ3) is 4.66. The molecule has 1 heterocycles. The van der Waals surface area contributed by atoms with E-state index in [1.807, 2.05) is 42.5 Å². The van der Waals surface area contributed by atoms with Gasteiger partial charge in [0, 0.05) is 6.54 Å². The molecule has 1 atom stereocenters. The first kappa shape index (κ1) is 17.6. The summed E-state index contributed by atoms with van der Waals surface area (Å²) in [6, 6.07) is 14.1. The summed E-state index contributed by atoms with van der Waals surface area (Å²) in [5.41, 5.74) is 1.75. The molecule has 2 N–H and O–H groups in total. The van der Waals surface area contributed by atoms with Crippen molar-refractivity contribution in [1.82, 2.24) is 10.6 Å². The molecule has 136 valence electrons. The van der Waals surface area contributed by atoms with Gasteiger partial charge in [-0.2, -0.15) is 0 Å². The molecule has 0 aliphatic carbocycles. The Bertz CT molecular complexity index is 779. The van der Waals surface area contributed by atoms with Crippen LogP contribution < -0.4 is 20.1 Å². The van der Waals surface area contributed by atoms with Crippen LogP contribution in [0.25, 0.3) is 0 Å². The lowest BCUT2D eigenvalue weighted by Gasteiger charge is -2.14. The summed E-state index contributed by atoms with van der Waals surface area (Å²) < 4.78 is 15.6. The van der Waals surface area contributed by atoms with Gasteiger partial charge in [-0.25, -0.2) is 4.79 Å². The first-order chi connectivity index (χ1) is 12.6. The molecule has 0 saturated carbocycles. The van der Waals surface area contributed by atoms with Crippen LogP contribution in [0.15, 0.2) is 48.5 Å². The van der Waals surface area contributed by atoms with Crippen molar-refractivity contribution in [2.75, 3.05) is 6.79 Å². The van der Waals surface area contributed by atoms with Crippen molar-refractivity contribution >= 4 is 12.0 Å². The molecule has 1 aliphatic rings. The average molecular weight is 356 g/mol. The Morgan fingerprint density at radius 2 is 1.85 bits per heavy atom. The van der Waals surface area contributed by atoms with Crippen LogP contribution in [0.3, 0.4) is 0 Å². The van der Waals surface area contributed by atoms with E-state index in [0.29, 0.717) is 18.0 Å². The van der Waals surface area contributed by atoms with Crippen molar-refractivity contribution < 1.29 is 23.8 Å². The molecule has 2 aromatic carbocycles. The topological polar surface area (TPSA) is 85.9 Å². The highest BCUT2D eigenvalue weighted by Gasteiger charge is 2.17. The number of nitrogens with one attached hydrogen (secondary N) is 2. The summed E-state index contributed by atoms with van der Waals surface area (Å²) >= 11 is 0. The molecular formula is C19H20N2O5. The monoisotopic (exact) mass is 356 g/mol. The fraction of sp³-hybridized carbons (Fsp3) is 0.263. The number of benzene rings is 2. The number of amides is 2. The number of ether oxygens (including phenoxy) is 3. The van der Waals surface area contributed by atoms with Crippen LogP contribution in [-0.2, 0) is 22.7 Å². The Hall–Kier alpha value is -3.22. The summed E-state index contributed by atoms with van der Waals surface area (Å²) in [6.07, 6.45) is -0.639. The lowest BCUT2D eigenvalue weighted by molar-refractivity contribution is -0.122. The first-order valence-corrected chi connectivity index (χ1v) is 8.25. The van der Waals surface area contributed by atoms with Gasteiger partial charge in [0.2, 0.25) is 12.7 Å². The van der Waals surface area contributed by atoms with E-state index in [9.17, 15) is 9.59 Å². The molecule has 0 bridgehead atoms.